The standard InChI is InChI=1S/C15H19N3O5/c1-3-22-14(20)12(15(21)23-4-2)13(16)18-17-9-10-5-7-11(19)8-6-10/h5-9,19-20H,3-4H2,1-2H3,(H2,16,18)/b14-12?,17-9+. The summed E-state index contributed by atoms with van der Waals surface area (Å²) < 4.78 is 9.66. The molecule has 0 bridgehead atoms. The van der Waals surface area contributed by atoms with Gasteiger partial charge < -0.3 is 25.4 Å². The van der Waals surface area contributed by atoms with Crippen molar-refractivity contribution in [2.24, 2.45) is 15.9 Å². The summed E-state index contributed by atoms with van der Waals surface area (Å²) in [5, 5.41) is 26.3. The molecule has 0 fully saturated rings. The first-order valence-electron chi connectivity index (χ1n) is 6.88. The number of aliphatic hydroxyl groups excluding tert-OH is 1. The van der Waals surface area contributed by atoms with E-state index in [-0.39, 0.29) is 24.8 Å². The molecule has 124 valence electrons. The van der Waals surface area contributed by atoms with Crippen molar-refractivity contribution < 1.29 is 24.5 Å². The maximum absolute atomic E-state index is 11.8. The molecule has 23 heavy (non-hydrogen) atoms. The summed E-state index contributed by atoms with van der Waals surface area (Å²) in [7, 11) is 0. The number of amidine groups is 1. The largest absolute Gasteiger partial charge is 0.508 e. The lowest BCUT2D eigenvalue weighted by atomic mass is 10.2. The SMILES string of the molecule is CCOC(=O)C(C(N)=N/N=C/c1ccc(O)cc1)=C(O)OCC. The monoisotopic (exact) mass is 321 g/mol. The van der Waals surface area contributed by atoms with Crippen molar-refractivity contribution in [1.29, 1.82) is 0 Å². The average Bonchev–Trinajstić information content (AvgIpc) is 2.50. The number of nitrogens with zero attached hydrogens (tertiary/aromatic N) is 2. The highest BCUT2D eigenvalue weighted by Crippen LogP contribution is 2.09. The maximum atomic E-state index is 11.8. The number of carbonyl (C=O) groups excluding carboxylic acids is 1. The van der Waals surface area contributed by atoms with Gasteiger partial charge in [0.2, 0.25) is 0 Å². The van der Waals surface area contributed by atoms with E-state index in [1.54, 1.807) is 26.0 Å². The first-order valence-corrected chi connectivity index (χ1v) is 6.88. The van der Waals surface area contributed by atoms with E-state index in [9.17, 15) is 15.0 Å². The van der Waals surface area contributed by atoms with Gasteiger partial charge in [0.25, 0.3) is 5.95 Å². The number of rotatable bonds is 7. The van der Waals surface area contributed by atoms with Crippen molar-refractivity contribution in [3.05, 3.63) is 41.3 Å². The van der Waals surface area contributed by atoms with Gasteiger partial charge in [-0.2, -0.15) is 5.10 Å². The topological polar surface area (TPSA) is 127 Å². The molecule has 0 aliphatic heterocycles. The van der Waals surface area contributed by atoms with Crippen LogP contribution in [0.1, 0.15) is 19.4 Å². The second-order valence-electron chi connectivity index (χ2n) is 4.15. The Labute approximate surface area is 133 Å². The second-order valence-corrected chi connectivity index (χ2v) is 4.15. The number of hydrogen-bond acceptors (Lipinski definition) is 7. The zero-order chi connectivity index (χ0) is 17.2. The molecule has 0 amide bonds. The molecule has 0 aliphatic rings. The second kappa shape index (κ2) is 9.08. The van der Waals surface area contributed by atoms with Gasteiger partial charge in [0.05, 0.1) is 19.4 Å². The predicted octanol–water partition coefficient (Wildman–Crippen LogP) is 1.45. The van der Waals surface area contributed by atoms with E-state index in [0.717, 1.165) is 0 Å². The van der Waals surface area contributed by atoms with Crippen molar-refractivity contribution >= 4 is 18.0 Å². The van der Waals surface area contributed by atoms with E-state index in [1.807, 2.05) is 0 Å². The number of phenols is 1. The first-order chi connectivity index (χ1) is 11.0. The Kier molecular flexibility index (Phi) is 7.12. The van der Waals surface area contributed by atoms with Crippen molar-refractivity contribution in [2.75, 3.05) is 13.2 Å². The van der Waals surface area contributed by atoms with Crippen LogP contribution in [0.2, 0.25) is 0 Å². The Bertz CT molecular complexity index is 621. The zero-order valence-electron chi connectivity index (χ0n) is 12.9. The van der Waals surface area contributed by atoms with Crippen molar-refractivity contribution in [2.45, 2.75) is 13.8 Å². The molecule has 0 saturated heterocycles. The molecule has 0 spiro atoms. The molecule has 0 saturated carbocycles. The molecule has 0 aliphatic carbocycles. The van der Waals surface area contributed by atoms with Crippen LogP contribution in [0.4, 0.5) is 0 Å². The number of esters is 1. The van der Waals surface area contributed by atoms with Crippen LogP contribution < -0.4 is 5.73 Å². The van der Waals surface area contributed by atoms with Crippen LogP contribution in [-0.2, 0) is 14.3 Å². The maximum Gasteiger partial charge on any atom is 0.349 e. The zero-order valence-corrected chi connectivity index (χ0v) is 12.9. The molecule has 1 rings (SSSR count). The number of aliphatic hydroxyl groups is 1. The van der Waals surface area contributed by atoms with Gasteiger partial charge in [0.1, 0.15) is 5.75 Å². The van der Waals surface area contributed by atoms with E-state index in [1.165, 1.54) is 18.3 Å². The molecule has 8 heteroatoms. The van der Waals surface area contributed by atoms with Crippen LogP contribution in [0.15, 0.2) is 46.0 Å². The Morgan fingerprint density at radius 3 is 2.39 bits per heavy atom. The van der Waals surface area contributed by atoms with E-state index < -0.39 is 17.5 Å². The predicted molar refractivity (Wildman–Crippen MR) is 85.2 cm³/mol. The van der Waals surface area contributed by atoms with Gasteiger partial charge in [-0.05, 0) is 43.7 Å². The minimum absolute atomic E-state index is 0.103. The first kappa shape index (κ1) is 18.0. The molecule has 4 N–H and O–H groups in total. The number of phenolic OH excluding ortho intramolecular Hbond substituents is 1. The van der Waals surface area contributed by atoms with Gasteiger partial charge in [-0.1, -0.05) is 0 Å². The Morgan fingerprint density at radius 1 is 1.22 bits per heavy atom. The molecule has 1 aromatic rings. The van der Waals surface area contributed by atoms with Gasteiger partial charge >= 0.3 is 5.97 Å². The highest BCUT2D eigenvalue weighted by atomic mass is 16.6. The molecule has 0 heterocycles. The van der Waals surface area contributed by atoms with Crippen molar-refractivity contribution in [3.63, 3.8) is 0 Å². The lowest BCUT2D eigenvalue weighted by molar-refractivity contribution is -0.138. The molecule has 0 radical (unpaired) electrons. The number of aromatic hydroxyl groups is 1. The Balaban J connectivity index is 2.99. The Morgan fingerprint density at radius 2 is 1.83 bits per heavy atom. The van der Waals surface area contributed by atoms with Gasteiger partial charge in [-0.25, -0.2) is 4.79 Å². The quantitative estimate of drug-likeness (QED) is 0.174. The van der Waals surface area contributed by atoms with Crippen LogP contribution in [0, 0.1) is 0 Å². The number of ether oxygens (including phenoxy) is 2. The molecule has 8 nitrogen and oxygen atoms in total. The molecule has 0 atom stereocenters. The van der Waals surface area contributed by atoms with E-state index in [4.69, 9.17) is 15.2 Å². The van der Waals surface area contributed by atoms with Crippen LogP contribution in [-0.4, -0.2) is 41.4 Å². The fraction of sp³-hybridized carbons (Fsp3) is 0.267. The average molecular weight is 321 g/mol. The Hall–Kier alpha value is -3.03. The van der Waals surface area contributed by atoms with E-state index >= 15 is 0 Å². The summed E-state index contributed by atoms with van der Waals surface area (Å²) >= 11 is 0. The van der Waals surface area contributed by atoms with Crippen LogP contribution >= 0.6 is 0 Å². The van der Waals surface area contributed by atoms with Gasteiger partial charge in [0, 0.05) is 0 Å². The van der Waals surface area contributed by atoms with Crippen molar-refractivity contribution in [1.82, 2.24) is 0 Å². The third kappa shape index (κ3) is 5.70. The summed E-state index contributed by atoms with van der Waals surface area (Å²) in [6.45, 7) is 3.49. The minimum atomic E-state index is -0.862. The number of nitrogens with two attached hydrogens (primary N) is 1. The van der Waals surface area contributed by atoms with Crippen LogP contribution in [0.25, 0.3) is 0 Å². The lowest BCUT2D eigenvalue weighted by Gasteiger charge is -2.08. The van der Waals surface area contributed by atoms with E-state index in [0.29, 0.717) is 5.56 Å². The molecule has 0 unspecified atom stereocenters. The minimum Gasteiger partial charge on any atom is -0.508 e. The van der Waals surface area contributed by atoms with Gasteiger partial charge in [-0.15, -0.1) is 5.10 Å². The smallest absolute Gasteiger partial charge is 0.349 e. The fourth-order valence-corrected chi connectivity index (χ4v) is 1.48. The highest BCUT2D eigenvalue weighted by molar-refractivity contribution is 6.18. The van der Waals surface area contributed by atoms with E-state index in [2.05, 4.69) is 10.2 Å². The highest BCUT2D eigenvalue weighted by Gasteiger charge is 2.22. The van der Waals surface area contributed by atoms with Crippen LogP contribution in [0.3, 0.4) is 0 Å². The number of hydrogen-bond donors (Lipinski definition) is 3. The third-order valence-electron chi connectivity index (χ3n) is 2.50. The molecule has 0 aromatic heterocycles. The van der Waals surface area contributed by atoms with Gasteiger partial charge in [-0.3, -0.25) is 0 Å². The third-order valence-corrected chi connectivity index (χ3v) is 2.50. The van der Waals surface area contributed by atoms with Crippen LogP contribution in [0.5, 0.6) is 5.75 Å². The fourth-order valence-electron chi connectivity index (χ4n) is 1.48. The number of carbonyl (C=O) groups is 1. The normalized spacial score (nSPS) is 12.9. The van der Waals surface area contributed by atoms with Crippen molar-refractivity contribution in [3.8, 4) is 5.75 Å². The summed E-state index contributed by atoms with van der Waals surface area (Å²) in [4.78, 5) is 11.8. The summed E-state index contributed by atoms with van der Waals surface area (Å²) in [5.74, 6) is -1.75. The van der Waals surface area contributed by atoms with Gasteiger partial charge in [0.15, 0.2) is 11.4 Å². The number of benzene rings is 1. The lowest BCUT2D eigenvalue weighted by Crippen LogP contribution is -2.25. The summed E-state index contributed by atoms with van der Waals surface area (Å²) in [5.41, 5.74) is 5.94. The molecule has 1 aromatic carbocycles. The molecular weight excluding hydrogens is 302 g/mol. The summed E-state index contributed by atoms with van der Waals surface area (Å²) in [6.07, 6.45) is 1.37. The summed E-state index contributed by atoms with van der Waals surface area (Å²) in [6, 6.07) is 6.20. The molecular formula is C15H19N3O5.